The third-order valence-electron chi connectivity index (χ3n) is 3.63. The maximum atomic E-state index is 5.83. The van der Waals surface area contributed by atoms with Gasteiger partial charge in [0.05, 0.1) is 22.9 Å². The van der Waals surface area contributed by atoms with Crippen LogP contribution in [0.1, 0.15) is 24.8 Å². The number of nitrogens with zero attached hydrogens (tertiary/aromatic N) is 1. The molecule has 106 valence electrons. The van der Waals surface area contributed by atoms with Gasteiger partial charge in [0, 0.05) is 23.2 Å². The Kier molecular flexibility index (Phi) is 4.03. The van der Waals surface area contributed by atoms with Crippen LogP contribution in [0, 0.1) is 6.92 Å². The van der Waals surface area contributed by atoms with Crippen LogP contribution in [0.4, 0.5) is 5.69 Å². The third kappa shape index (κ3) is 3.19. The Morgan fingerprint density at radius 2 is 2.30 bits per heavy atom. The standard InChI is InChI=1S/C16H20N2OS/c1-11-6-7-15(19-11)9-17-14-5-3-4-13(8-14)16-10-20-12(2)18-16/h3-5,8,10-11,15,17H,6-7,9H2,1-2H3. The first-order valence-corrected chi connectivity index (χ1v) is 8.00. The van der Waals surface area contributed by atoms with Crippen LogP contribution >= 0.6 is 11.3 Å². The van der Waals surface area contributed by atoms with Crippen LogP contribution in [0.2, 0.25) is 0 Å². The highest BCUT2D eigenvalue weighted by Crippen LogP contribution is 2.25. The van der Waals surface area contributed by atoms with Crippen LogP contribution in [0.15, 0.2) is 29.6 Å². The smallest absolute Gasteiger partial charge is 0.0901 e. The highest BCUT2D eigenvalue weighted by atomic mass is 32.1. The number of nitrogens with one attached hydrogen (secondary N) is 1. The Labute approximate surface area is 124 Å². The lowest BCUT2D eigenvalue weighted by molar-refractivity contribution is 0.0637. The second-order valence-corrected chi connectivity index (χ2v) is 6.42. The summed E-state index contributed by atoms with van der Waals surface area (Å²) >= 11 is 1.69. The highest BCUT2D eigenvalue weighted by Gasteiger charge is 2.21. The molecule has 2 atom stereocenters. The third-order valence-corrected chi connectivity index (χ3v) is 4.40. The van der Waals surface area contributed by atoms with Gasteiger partial charge in [-0.3, -0.25) is 0 Å². The fourth-order valence-electron chi connectivity index (χ4n) is 2.55. The quantitative estimate of drug-likeness (QED) is 0.919. The lowest BCUT2D eigenvalue weighted by Gasteiger charge is -2.13. The van der Waals surface area contributed by atoms with Crippen molar-refractivity contribution in [2.45, 2.75) is 38.9 Å². The molecule has 1 aliphatic rings. The van der Waals surface area contributed by atoms with Crippen LogP contribution in [0.3, 0.4) is 0 Å². The van der Waals surface area contributed by atoms with Crippen molar-refractivity contribution in [3.63, 3.8) is 0 Å². The van der Waals surface area contributed by atoms with E-state index in [9.17, 15) is 0 Å². The SMILES string of the molecule is Cc1nc(-c2cccc(NCC3CCC(C)O3)c2)cs1. The first-order valence-electron chi connectivity index (χ1n) is 7.12. The zero-order valence-electron chi connectivity index (χ0n) is 11.9. The van der Waals surface area contributed by atoms with E-state index in [2.05, 4.69) is 46.9 Å². The van der Waals surface area contributed by atoms with Crippen molar-refractivity contribution in [2.75, 3.05) is 11.9 Å². The molecule has 2 aromatic rings. The summed E-state index contributed by atoms with van der Waals surface area (Å²) in [6.45, 7) is 5.06. The van der Waals surface area contributed by atoms with Crippen LogP contribution < -0.4 is 5.32 Å². The predicted octanol–water partition coefficient (Wildman–Crippen LogP) is 4.10. The minimum Gasteiger partial charge on any atom is -0.382 e. The summed E-state index contributed by atoms with van der Waals surface area (Å²) in [5.74, 6) is 0. The Balaban J connectivity index is 1.65. The van der Waals surface area contributed by atoms with Crippen molar-refractivity contribution < 1.29 is 4.74 Å². The van der Waals surface area contributed by atoms with Gasteiger partial charge >= 0.3 is 0 Å². The summed E-state index contributed by atoms with van der Waals surface area (Å²) in [6.07, 6.45) is 3.07. The van der Waals surface area contributed by atoms with Crippen molar-refractivity contribution in [3.05, 3.63) is 34.7 Å². The van der Waals surface area contributed by atoms with E-state index in [1.165, 1.54) is 12.0 Å². The molecule has 0 bridgehead atoms. The molecule has 0 spiro atoms. The minimum atomic E-state index is 0.343. The predicted molar refractivity (Wildman–Crippen MR) is 84.3 cm³/mol. The van der Waals surface area contributed by atoms with E-state index in [1.54, 1.807) is 11.3 Å². The molecular weight excluding hydrogens is 268 g/mol. The zero-order valence-corrected chi connectivity index (χ0v) is 12.7. The minimum absolute atomic E-state index is 0.343. The number of anilines is 1. The van der Waals surface area contributed by atoms with E-state index in [0.29, 0.717) is 12.2 Å². The molecule has 20 heavy (non-hydrogen) atoms. The van der Waals surface area contributed by atoms with E-state index in [-0.39, 0.29) is 0 Å². The molecule has 1 fully saturated rings. The first-order chi connectivity index (χ1) is 9.70. The number of aromatic nitrogens is 1. The summed E-state index contributed by atoms with van der Waals surface area (Å²) in [4.78, 5) is 4.54. The van der Waals surface area contributed by atoms with Gasteiger partial charge in [-0.1, -0.05) is 12.1 Å². The fourth-order valence-corrected chi connectivity index (χ4v) is 3.17. The van der Waals surface area contributed by atoms with Crippen molar-refractivity contribution in [1.82, 2.24) is 4.98 Å². The summed E-state index contributed by atoms with van der Waals surface area (Å²) < 4.78 is 5.83. The van der Waals surface area contributed by atoms with E-state index in [0.717, 1.165) is 29.4 Å². The fraction of sp³-hybridized carbons (Fsp3) is 0.438. The summed E-state index contributed by atoms with van der Waals surface area (Å²) in [7, 11) is 0. The maximum absolute atomic E-state index is 5.83. The normalized spacial score (nSPS) is 22.1. The lowest BCUT2D eigenvalue weighted by Crippen LogP contribution is -2.19. The van der Waals surface area contributed by atoms with Gasteiger partial charge in [-0.25, -0.2) is 4.98 Å². The van der Waals surface area contributed by atoms with Crippen molar-refractivity contribution >= 4 is 17.0 Å². The van der Waals surface area contributed by atoms with Gasteiger partial charge in [-0.15, -0.1) is 11.3 Å². The summed E-state index contributed by atoms with van der Waals surface area (Å²) in [6, 6.07) is 8.44. The summed E-state index contributed by atoms with van der Waals surface area (Å²) in [5.41, 5.74) is 3.36. The number of thiazole rings is 1. The number of benzene rings is 1. The number of aryl methyl sites for hydroxylation is 1. The Morgan fingerprint density at radius 1 is 1.40 bits per heavy atom. The van der Waals surface area contributed by atoms with Gasteiger partial charge in [0.1, 0.15) is 0 Å². The van der Waals surface area contributed by atoms with E-state index in [1.807, 2.05) is 6.92 Å². The van der Waals surface area contributed by atoms with Crippen LogP contribution in [-0.2, 0) is 4.74 Å². The van der Waals surface area contributed by atoms with Crippen molar-refractivity contribution in [1.29, 1.82) is 0 Å². The molecule has 2 unspecified atom stereocenters. The molecule has 4 heteroatoms. The molecule has 1 aromatic carbocycles. The van der Waals surface area contributed by atoms with Gasteiger partial charge < -0.3 is 10.1 Å². The lowest BCUT2D eigenvalue weighted by atomic mass is 10.1. The topological polar surface area (TPSA) is 34.2 Å². The monoisotopic (exact) mass is 288 g/mol. The molecular formula is C16H20N2OS. The molecule has 1 aromatic heterocycles. The number of rotatable bonds is 4. The molecule has 0 saturated carbocycles. The van der Waals surface area contributed by atoms with Gasteiger partial charge in [0.15, 0.2) is 0 Å². The van der Waals surface area contributed by atoms with Gasteiger partial charge in [0.2, 0.25) is 0 Å². The van der Waals surface area contributed by atoms with Crippen molar-refractivity contribution in [3.8, 4) is 11.3 Å². The van der Waals surface area contributed by atoms with Crippen LogP contribution in [-0.4, -0.2) is 23.7 Å². The Hall–Kier alpha value is -1.39. The molecule has 3 nitrogen and oxygen atoms in total. The second-order valence-electron chi connectivity index (χ2n) is 5.36. The molecule has 0 radical (unpaired) electrons. The zero-order chi connectivity index (χ0) is 13.9. The Morgan fingerprint density at radius 3 is 3.00 bits per heavy atom. The van der Waals surface area contributed by atoms with Gasteiger partial charge in [-0.2, -0.15) is 0 Å². The van der Waals surface area contributed by atoms with Gasteiger partial charge in [-0.05, 0) is 38.8 Å². The number of hydrogen-bond donors (Lipinski definition) is 1. The van der Waals surface area contributed by atoms with Crippen LogP contribution in [0.5, 0.6) is 0 Å². The average Bonchev–Trinajstić information content (AvgIpc) is 3.06. The molecule has 0 amide bonds. The van der Waals surface area contributed by atoms with Gasteiger partial charge in [0.25, 0.3) is 0 Å². The first kappa shape index (κ1) is 13.6. The molecule has 2 heterocycles. The second kappa shape index (κ2) is 5.94. The molecule has 0 aliphatic carbocycles. The number of ether oxygens (including phenoxy) is 1. The van der Waals surface area contributed by atoms with E-state index in [4.69, 9.17) is 4.74 Å². The maximum Gasteiger partial charge on any atom is 0.0901 e. The highest BCUT2D eigenvalue weighted by molar-refractivity contribution is 7.09. The molecule has 1 saturated heterocycles. The average molecular weight is 288 g/mol. The van der Waals surface area contributed by atoms with Crippen LogP contribution in [0.25, 0.3) is 11.3 Å². The Bertz CT molecular complexity index is 581. The van der Waals surface area contributed by atoms with Crippen molar-refractivity contribution in [2.24, 2.45) is 0 Å². The van der Waals surface area contributed by atoms with E-state index >= 15 is 0 Å². The summed E-state index contributed by atoms with van der Waals surface area (Å²) in [5, 5.41) is 6.69. The largest absolute Gasteiger partial charge is 0.382 e. The molecule has 3 rings (SSSR count). The number of hydrogen-bond acceptors (Lipinski definition) is 4. The molecule has 1 N–H and O–H groups in total. The molecule has 1 aliphatic heterocycles. The van der Waals surface area contributed by atoms with E-state index < -0.39 is 0 Å².